The monoisotopic (exact) mass is 421 g/mol. The van der Waals surface area contributed by atoms with E-state index in [-0.39, 0.29) is 17.9 Å². The fraction of sp³-hybridized carbons (Fsp3) is 0.375. The third-order valence-electron chi connectivity index (χ3n) is 5.65. The van der Waals surface area contributed by atoms with Gasteiger partial charge in [-0.05, 0) is 45.2 Å². The van der Waals surface area contributed by atoms with Crippen molar-refractivity contribution in [1.29, 1.82) is 0 Å². The van der Waals surface area contributed by atoms with E-state index in [9.17, 15) is 9.59 Å². The fourth-order valence-corrected chi connectivity index (χ4v) is 4.19. The number of pyridine rings is 2. The van der Waals surface area contributed by atoms with Crippen LogP contribution in [0.2, 0.25) is 0 Å². The summed E-state index contributed by atoms with van der Waals surface area (Å²) in [5, 5.41) is 0.933. The maximum atomic E-state index is 13.2. The summed E-state index contributed by atoms with van der Waals surface area (Å²) >= 11 is 0. The van der Waals surface area contributed by atoms with Gasteiger partial charge in [-0.2, -0.15) is 0 Å². The van der Waals surface area contributed by atoms with Crippen LogP contribution in [0.15, 0.2) is 35.1 Å². The molecule has 0 amide bonds. The highest BCUT2D eigenvalue weighted by molar-refractivity contribution is 6.00. The summed E-state index contributed by atoms with van der Waals surface area (Å²) in [7, 11) is 1.42. The molecule has 1 fully saturated rings. The summed E-state index contributed by atoms with van der Waals surface area (Å²) in [5.74, 6) is 0.207. The van der Waals surface area contributed by atoms with Crippen molar-refractivity contribution in [3.8, 4) is 17.0 Å². The first-order chi connectivity index (χ1) is 15.0. The molecule has 0 radical (unpaired) electrons. The van der Waals surface area contributed by atoms with Gasteiger partial charge >= 0.3 is 5.97 Å². The first-order valence-electron chi connectivity index (χ1n) is 10.7. The average molecular weight is 421 g/mol. The maximum Gasteiger partial charge on any atom is 0.344 e. The molecule has 0 spiro atoms. The Kier molecular flexibility index (Phi) is 5.93. The number of methoxy groups -OCH3 is 1. The van der Waals surface area contributed by atoms with Gasteiger partial charge in [-0.3, -0.25) is 4.79 Å². The second kappa shape index (κ2) is 8.79. The van der Waals surface area contributed by atoms with E-state index in [2.05, 4.69) is 9.88 Å². The molecule has 1 aromatic carbocycles. The van der Waals surface area contributed by atoms with Gasteiger partial charge in [-0.25, -0.2) is 9.78 Å². The van der Waals surface area contributed by atoms with Gasteiger partial charge in [0, 0.05) is 24.0 Å². The van der Waals surface area contributed by atoms with Gasteiger partial charge in [0.1, 0.15) is 11.4 Å². The lowest BCUT2D eigenvalue weighted by atomic mass is 10.0. The van der Waals surface area contributed by atoms with Crippen molar-refractivity contribution in [1.82, 2.24) is 9.97 Å². The minimum absolute atomic E-state index is 0.0559. The number of rotatable bonds is 5. The number of aryl methyl sites for hydroxylation is 1. The minimum atomic E-state index is -0.671. The molecule has 162 valence electrons. The molecule has 4 rings (SSSR count). The first-order valence-corrected chi connectivity index (χ1v) is 10.7. The Morgan fingerprint density at radius 1 is 1.19 bits per heavy atom. The van der Waals surface area contributed by atoms with Gasteiger partial charge < -0.3 is 19.4 Å². The standard InChI is InChI=1S/C24H27N3O4/c1-4-31-24(29)19-20(25-15(2)22(30-3)21(19)28)17-14-16-10-6-7-11-18(16)26-23(17)27-12-8-5-9-13-27/h6-7,10-11,14H,4-5,8-9,12-13H2,1-3H3,(H,25,28). The van der Waals surface area contributed by atoms with Crippen LogP contribution in [0.1, 0.15) is 42.2 Å². The molecule has 3 aromatic rings. The number of nitrogens with one attached hydrogen (secondary N) is 1. The Labute approximate surface area is 181 Å². The summed E-state index contributed by atoms with van der Waals surface area (Å²) in [4.78, 5) is 36.5. The molecule has 0 aliphatic carbocycles. The van der Waals surface area contributed by atoms with E-state index < -0.39 is 11.4 Å². The second-order valence-corrected chi connectivity index (χ2v) is 7.68. The lowest BCUT2D eigenvalue weighted by Crippen LogP contribution is -2.31. The molecule has 7 nitrogen and oxygen atoms in total. The van der Waals surface area contributed by atoms with Crippen molar-refractivity contribution < 1.29 is 14.3 Å². The highest BCUT2D eigenvalue weighted by atomic mass is 16.5. The summed E-state index contributed by atoms with van der Waals surface area (Å²) in [5.41, 5.74) is 2.02. The van der Waals surface area contributed by atoms with Crippen molar-refractivity contribution in [2.45, 2.75) is 33.1 Å². The van der Waals surface area contributed by atoms with Crippen LogP contribution in [0.25, 0.3) is 22.2 Å². The number of ether oxygens (including phenoxy) is 2. The smallest absolute Gasteiger partial charge is 0.344 e. The SMILES string of the molecule is CCOC(=O)c1c(-c2cc3ccccc3nc2N2CCCCC2)[nH]c(C)c(OC)c1=O. The van der Waals surface area contributed by atoms with E-state index >= 15 is 0 Å². The Bertz CT molecular complexity index is 1180. The van der Waals surface area contributed by atoms with Gasteiger partial charge in [-0.15, -0.1) is 0 Å². The second-order valence-electron chi connectivity index (χ2n) is 7.68. The third-order valence-corrected chi connectivity index (χ3v) is 5.65. The van der Waals surface area contributed by atoms with Crippen LogP contribution in [0.3, 0.4) is 0 Å². The van der Waals surface area contributed by atoms with Gasteiger partial charge in [0.2, 0.25) is 5.43 Å². The summed E-state index contributed by atoms with van der Waals surface area (Å²) in [6.45, 7) is 5.41. The van der Waals surface area contributed by atoms with Crippen LogP contribution >= 0.6 is 0 Å². The van der Waals surface area contributed by atoms with Gasteiger partial charge in [0.15, 0.2) is 5.75 Å². The molecule has 0 atom stereocenters. The topological polar surface area (TPSA) is 84.5 Å². The quantitative estimate of drug-likeness (QED) is 0.625. The van der Waals surface area contributed by atoms with E-state index in [1.165, 1.54) is 13.5 Å². The summed E-state index contributed by atoms with van der Waals surface area (Å²) in [6, 6.07) is 9.85. The number of aromatic nitrogens is 2. The minimum Gasteiger partial charge on any atom is -0.491 e. The van der Waals surface area contributed by atoms with Crippen molar-refractivity contribution in [3.63, 3.8) is 0 Å². The molecule has 31 heavy (non-hydrogen) atoms. The zero-order valence-electron chi connectivity index (χ0n) is 18.2. The first kappa shape index (κ1) is 20.9. The zero-order chi connectivity index (χ0) is 22.0. The molecule has 1 N–H and O–H groups in total. The molecule has 3 heterocycles. The van der Waals surface area contributed by atoms with E-state index in [1.54, 1.807) is 13.8 Å². The Hall–Kier alpha value is -3.35. The number of aromatic amines is 1. The van der Waals surface area contributed by atoms with Gasteiger partial charge in [-0.1, -0.05) is 18.2 Å². The molecule has 1 saturated heterocycles. The highest BCUT2D eigenvalue weighted by Gasteiger charge is 2.27. The number of anilines is 1. The van der Waals surface area contributed by atoms with E-state index in [4.69, 9.17) is 14.5 Å². The van der Waals surface area contributed by atoms with Gasteiger partial charge in [0.05, 0.1) is 30.6 Å². The van der Waals surface area contributed by atoms with E-state index in [0.29, 0.717) is 17.0 Å². The van der Waals surface area contributed by atoms with Crippen LogP contribution in [0.5, 0.6) is 5.75 Å². The number of benzene rings is 1. The number of piperidine rings is 1. The van der Waals surface area contributed by atoms with E-state index in [1.807, 2.05) is 30.3 Å². The largest absolute Gasteiger partial charge is 0.491 e. The van der Waals surface area contributed by atoms with Crippen LogP contribution in [-0.4, -0.2) is 42.7 Å². The molecule has 1 aliphatic heterocycles. The predicted molar refractivity (Wildman–Crippen MR) is 121 cm³/mol. The molecule has 0 unspecified atom stereocenters. The molecule has 2 aromatic heterocycles. The van der Waals surface area contributed by atoms with Crippen LogP contribution < -0.4 is 15.1 Å². The van der Waals surface area contributed by atoms with Gasteiger partial charge in [0.25, 0.3) is 0 Å². The number of fused-ring (bicyclic) bond motifs is 1. The number of esters is 1. The molecular weight excluding hydrogens is 394 g/mol. The number of nitrogens with zero attached hydrogens (tertiary/aromatic N) is 2. The predicted octanol–water partition coefficient (Wildman–Crippen LogP) is 4.07. The summed E-state index contributed by atoms with van der Waals surface area (Å²) < 4.78 is 10.5. The Balaban J connectivity index is 2.03. The number of carbonyl (C=O) groups excluding carboxylic acids is 1. The fourth-order valence-electron chi connectivity index (χ4n) is 4.19. The van der Waals surface area contributed by atoms with Crippen molar-refractivity contribution >= 4 is 22.7 Å². The zero-order valence-corrected chi connectivity index (χ0v) is 18.2. The lowest BCUT2D eigenvalue weighted by molar-refractivity contribution is 0.0525. The molecule has 7 heteroatoms. The highest BCUT2D eigenvalue weighted by Crippen LogP contribution is 2.35. The Morgan fingerprint density at radius 2 is 1.94 bits per heavy atom. The number of carbonyl (C=O) groups is 1. The number of para-hydroxylation sites is 1. The Morgan fingerprint density at radius 3 is 2.65 bits per heavy atom. The van der Waals surface area contributed by atoms with Crippen molar-refractivity contribution in [2.24, 2.45) is 0 Å². The molecule has 1 aliphatic rings. The molecular formula is C24H27N3O4. The molecule has 0 bridgehead atoms. The average Bonchev–Trinajstić information content (AvgIpc) is 2.78. The maximum absolute atomic E-state index is 13.2. The van der Waals surface area contributed by atoms with Crippen molar-refractivity contribution in [3.05, 3.63) is 51.8 Å². The van der Waals surface area contributed by atoms with Crippen LogP contribution in [0, 0.1) is 6.92 Å². The number of hydrogen-bond acceptors (Lipinski definition) is 6. The normalized spacial score (nSPS) is 14.0. The lowest BCUT2D eigenvalue weighted by Gasteiger charge is -2.30. The van der Waals surface area contributed by atoms with Crippen LogP contribution in [-0.2, 0) is 4.74 Å². The number of hydrogen-bond donors (Lipinski definition) is 1. The summed E-state index contributed by atoms with van der Waals surface area (Å²) in [6.07, 6.45) is 3.35. The number of H-pyrrole nitrogens is 1. The molecule has 0 saturated carbocycles. The van der Waals surface area contributed by atoms with E-state index in [0.717, 1.165) is 42.7 Å². The van der Waals surface area contributed by atoms with Crippen LogP contribution in [0.4, 0.5) is 5.82 Å². The van der Waals surface area contributed by atoms with Crippen molar-refractivity contribution in [2.75, 3.05) is 31.7 Å². The third kappa shape index (κ3) is 3.87.